The van der Waals surface area contributed by atoms with Gasteiger partial charge in [0.2, 0.25) is 5.89 Å². The fourth-order valence-electron chi connectivity index (χ4n) is 1.63. The maximum atomic E-state index is 12.5. The summed E-state index contributed by atoms with van der Waals surface area (Å²) >= 11 is 0. The fraction of sp³-hybridized carbons (Fsp3) is 0.833. The van der Waals surface area contributed by atoms with Crippen molar-refractivity contribution in [2.45, 2.75) is 52.4 Å². The van der Waals surface area contributed by atoms with Crippen molar-refractivity contribution in [2.75, 3.05) is 18.0 Å². The molecule has 0 radical (unpaired) electrons. The van der Waals surface area contributed by atoms with E-state index in [-0.39, 0.29) is 18.1 Å². The molecule has 0 aromatic carbocycles. The van der Waals surface area contributed by atoms with Crippen LogP contribution >= 0.6 is 0 Å². The van der Waals surface area contributed by atoms with E-state index in [2.05, 4.69) is 15.5 Å². The summed E-state index contributed by atoms with van der Waals surface area (Å²) in [6.45, 7) is 6.81. The molecule has 1 aromatic rings. The normalized spacial score (nSPS) is 13.8. The predicted molar refractivity (Wildman–Crippen MR) is 69.5 cm³/mol. The number of rotatable bonds is 7. The molecule has 1 rings (SSSR count). The van der Waals surface area contributed by atoms with Crippen molar-refractivity contribution in [3.63, 3.8) is 0 Å². The average molecular weight is 294 g/mol. The number of nitrogens with one attached hydrogen (secondary N) is 1. The second-order valence-electron chi connectivity index (χ2n) is 4.94. The van der Waals surface area contributed by atoms with Gasteiger partial charge in [0.1, 0.15) is 6.54 Å². The molecular formula is C12H21F3N4O. The number of aromatic nitrogens is 2. The van der Waals surface area contributed by atoms with Crippen LogP contribution in [0, 0.1) is 0 Å². The first-order valence-electron chi connectivity index (χ1n) is 6.64. The van der Waals surface area contributed by atoms with Gasteiger partial charge in [-0.15, -0.1) is 5.10 Å². The van der Waals surface area contributed by atoms with Crippen LogP contribution in [0.4, 0.5) is 19.2 Å². The Labute approximate surface area is 116 Å². The van der Waals surface area contributed by atoms with Crippen LogP contribution in [0.15, 0.2) is 4.42 Å². The van der Waals surface area contributed by atoms with Crippen LogP contribution in [0.5, 0.6) is 0 Å². The lowest BCUT2D eigenvalue weighted by atomic mass is 10.3. The van der Waals surface area contributed by atoms with Gasteiger partial charge in [-0.2, -0.15) is 13.2 Å². The third-order valence-electron chi connectivity index (χ3n) is 2.72. The van der Waals surface area contributed by atoms with Crippen molar-refractivity contribution in [1.82, 2.24) is 15.5 Å². The molecule has 0 saturated carbocycles. The van der Waals surface area contributed by atoms with E-state index in [1.807, 2.05) is 13.8 Å². The van der Waals surface area contributed by atoms with Crippen molar-refractivity contribution < 1.29 is 17.6 Å². The zero-order valence-electron chi connectivity index (χ0n) is 12.2. The molecule has 0 aliphatic heterocycles. The molecule has 1 atom stereocenters. The van der Waals surface area contributed by atoms with Crippen molar-refractivity contribution in [1.29, 1.82) is 0 Å². The topological polar surface area (TPSA) is 54.2 Å². The minimum atomic E-state index is -4.31. The highest BCUT2D eigenvalue weighted by Gasteiger charge is 2.34. The molecule has 1 unspecified atom stereocenters. The second-order valence-corrected chi connectivity index (χ2v) is 4.94. The zero-order valence-corrected chi connectivity index (χ0v) is 12.2. The van der Waals surface area contributed by atoms with E-state index in [4.69, 9.17) is 4.42 Å². The lowest BCUT2D eigenvalue weighted by molar-refractivity contribution is -0.121. The zero-order chi connectivity index (χ0) is 15.3. The Bertz CT molecular complexity index is 406. The number of hydrogen-bond acceptors (Lipinski definition) is 5. The Hall–Kier alpha value is -1.31. The first-order chi connectivity index (χ1) is 9.24. The van der Waals surface area contributed by atoms with Gasteiger partial charge >= 0.3 is 12.2 Å². The molecule has 0 fully saturated rings. The lowest BCUT2D eigenvalue weighted by Gasteiger charge is -2.25. The third kappa shape index (κ3) is 4.99. The monoisotopic (exact) mass is 294 g/mol. The van der Waals surface area contributed by atoms with Crippen LogP contribution in [-0.2, 0) is 0 Å². The van der Waals surface area contributed by atoms with Gasteiger partial charge in [0, 0.05) is 6.04 Å². The highest BCUT2D eigenvalue weighted by atomic mass is 19.4. The molecule has 0 saturated heterocycles. The van der Waals surface area contributed by atoms with Crippen LogP contribution < -0.4 is 10.2 Å². The average Bonchev–Trinajstić information content (AvgIpc) is 2.81. The van der Waals surface area contributed by atoms with Crippen LogP contribution in [0.25, 0.3) is 0 Å². The quantitative estimate of drug-likeness (QED) is 0.838. The van der Waals surface area contributed by atoms with Gasteiger partial charge < -0.3 is 14.6 Å². The Kier molecular flexibility index (Phi) is 5.79. The molecule has 1 N–H and O–H groups in total. The summed E-state index contributed by atoms with van der Waals surface area (Å²) in [5, 5.41) is 10.7. The van der Waals surface area contributed by atoms with E-state index in [1.165, 1.54) is 0 Å². The van der Waals surface area contributed by atoms with Crippen molar-refractivity contribution >= 4 is 6.01 Å². The largest absolute Gasteiger partial charge is 0.406 e. The molecule has 20 heavy (non-hydrogen) atoms. The van der Waals surface area contributed by atoms with Gasteiger partial charge in [-0.1, -0.05) is 12.0 Å². The van der Waals surface area contributed by atoms with E-state index in [0.717, 1.165) is 17.9 Å². The number of halogens is 3. The molecule has 0 aliphatic carbocycles. The number of nitrogens with zero attached hydrogens (tertiary/aromatic N) is 3. The van der Waals surface area contributed by atoms with Crippen LogP contribution in [0.2, 0.25) is 0 Å². The van der Waals surface area contributed by atoms with Gasteiger partial charge in [-0.05, 0) is 33.7 Å². The van der Waals surface area contributed by atoms with Gasteiger partial charge in [-0.3, -0.25) is 0 Å². The SMILES string of the molecule is CCCNC(C)c1nnc(N(CC(F)(F)F)C(C)C)o1. The summed E-state index contributed by atoms with van der Waals surface area (Å²) in [4.78, 5) is 1.04. The summed E-state index contributed by atoms with van der Waals surface area (Å²) < 4.78 is 43.0. The standard InChI is InChI=1S/C12H21F3N4O/c1-5-6-16-9(4)10-17-18-11(20-10)19(8(2)3)7-12(13,14)15/h8-9,16H,5-7H2,1-4H3. The first kappa shape index (κ1) is 16.7. The van der Waals surface area contributed by atoms with E-state index in [0.29, 0.717) is 5.89 Å². The summed E-state index contributed by atoms with van der Waals surface area (Å²) in [6, 6.07) is -0.669. The smallest absolute Gasteiger partial charge is 0.406 e. The van der Waals surface area contributed by atoms with Gasteiger partial charge in [0.25, 0.3) is 0 Å². The maximum absolute atomic E-state index is 12.5. The van der Waals surface area contributed by atoms with Gasteiger partial charge in [0.15, 0.2) is 0 Å². The summed E-state index contributed by atoms with van der Waals surface area (Å²) in [7, 11) is 0. The fourth-order valence-corrected chi connectivity index (χ4v) is 1.63. The molecule has 1 aromatic heterocycles. The molecule has 0 spiro atoms. The summed E-state index contributed by atoms with van der Waals surface area (Å²) in [5.41, 5.74) is 0. The van der Waals surface area contributed by atoms with Crippen LogP contribution in [0.1, 0.15) is 46.0 Å². The molecule has 5 nitrogen and oxygen atoms in total. The summed E-state index contributed by atoms with van der Waals surface area (Å²) in [6.07, 6.45) is -3.37. The molecule has 1 heterocycles. The number of anilines is 1. The predicted octanol–water partition coefficient (Wildman–Crippen LogP) is 2.91. The van der Waals surface area contributed by atoms with E-state index in [1.54, 1.807) is 13.8 Å². The van der Waals surface area contributed by atoms with Crippen LogP contribution in [0.3, 0.4) is 0 Å². The van der Waals surface area contributed by atoms with Gasteiger partial charge in [-0.25, -0.2) is 0 Å². The molecule has 8 heteroatoms. The minimum absolute atomic E-state index is 0.0996. The Morgan fingerprint density at radius 3 is 2.40 bits per heavy atom. The van der Waals surface area contributed by atoms with Gasteiger partial charge in [0.05, 0.1) is 6.04 Å². The van der Waals surface area contributed by atoms with E-state index >= 15 is 0 Å². The third-order valence-corrected chi connectivity index (χ3v) is 2.72. The molecule has 0 amide bonds. The minimum Gasteiger partial charge on any atom is -0.406 e. The summed E-state index contributed by atoms with van der Waals surface area (Å²) in [5.74, 6) is 0.293. The highest BCUT2D eigenvalue weighted by molar-refractivity contribution is 5.26. The maximum Gasteiger partial charge on any atom is 0.406 e. The number of alkyl halides is 3. The molecule has 0 aliphatic rings. The Morgan fingerprint density at radius 1 is 1.25 bits per heavy atom. The second kappa shape index (κ2) is 6.92. The molecular weight excluding hydrogens is 273 g/mol. The van der Waals surface area contributed by atoms with E-state index < -0.39 is 12.7 Å². The Morgan fingerprint density at radius 2 is 1.90 bits per heavy atom. The van der Waals surface area contributed by atoms with E-state index in [9.17, 15) is 13.2 Å². The van der Waals surface area contributed by atoms with Crippen molar-refractivity contribution in [3.05, 3.63) is 5.89 Å². The Balaban J connectivity index is 2.81. The van der Waals surface area contributed by atoms with Crippen LogP contribution in [-0.4, -0.2) is 35.5 Å². The lowest BCUT2D eigenvalue weighted by Crippen LogP contribution is -2.39. The first-order valence-corrected chi connectivity index (χ1v) is 6.64. The highest BCUT2D eigenvalue weighted by Crippen LogP contribution is 2.24. The molecule has 0 bridgehead atoms. The molecule has 116 valence electrons. The number of hydrogen-bond donors (Lipinski definition) is 1. The van der Waals surface area contributed by atoms with Crippen molar-refractivity contribution in [2.24, 2.45) is 0 Å². The van der Waals surface area contributed by atoms with Crippen molar-refractivity contribution in [3.8, 4) is 0 Å².